The first-order valence-electron chi connectivity index (χ1n) is 6.97. The minimum absolute atomic E-state index is 0.808. The van der Waals surface area contributed by atoms with Crippen LogP contribution < -0.4 is 0 Å². The number of rotatable bonds is 7. The normalized spacial score (nSPS) is 12.6. The van der Waals surface area contributed by atoms with E-state index in [2.05, 4.69) is 50.7 Å². The Balaban J connectivity index is -0.000000309. The highest BCUT2D eigenvalue weighted by molar-refractivity contribution is 7.81. The highest BCUT2D eigenvalue weighted by Crippen LogP contribution is 2.00. The summed E-state index contributed by atoms with van der Waals surface area (Å²) < 4.78 is 64.2. The van der Waals surface area contributed by atoms with Gasteiger partial charge in [-0.05, 0) is 0 Å². The number of quaternary nitrogens is 2. The van der Waals surface area contributed by atoms with Crippen molar-refractivity contribution >= 4 is 20.8 Å². The van der Waals surface area contributed by atoms with Crippen LogP contribution in [0.25, 0.3) is 0 Å². The summed E-state index contributed by atoms with van der Waals surface area (Å²) in [4.78, 5) is 0. The van der Waals surface area contributed by atoms with Crippen molar-refractivity contribution in [2.45, 2.75) is 12.8 Å². The van der Waals surface area contributed by atoms with Crippen LogP contribution in [0, 0.1) is 0 Å². The Bertz CT molecular complexity index is 456. The number of nitrogens with zero attached hydrogens (tertiary/aromatic N) is 2. The van der Waals surface area contributed by atoms with Gasteiger partial charge >= 0.3 is 0 Å². The van der Waals surface area contributed by atoms with Gasteiger partial charge in [0.2, 0.25) is 20.8 Å². The van der Waals surface area contributed by atoms with E-state index < -0.39 is 20.8 Å². The molecule has 0 spiro atoms. The first-order valence-corrected chi connectivity index (χ1v) is 9.63. The fourth-order valence-corrected chi connectivity index (χ4v) is 1.17. The Kier molecular flexibility index (Phi) is 14.3. The van der Waals surface area contributed by atoms with Crippen LogP contribution in [0.2, 0.25) is 0 Å². The number of hydrogen-bond donors (Lipinski definition) is 0. The molecule has 0 amide bonds. The lowest BCUT2D eigenvalue weighted by Crippen LogP contribution is -2.38. The van der Waals surface area contributed by atoms with Crippen LogP contribution in [0.1, 0.15) is 12.8 Å². The molecular weight excluding hydrogens is 364 g/mol. The Morgan fingerprint density at radius 1 is 0.667 bits per heavy atom. The molecule has 0 aromatic heterocycles. The molecular formula is C12H32N2O8S2. The molecule has 0 saturated carbocycles. The van der Waals surface area contributed by atoms with E-state index in [9.17, 15) is 25.9 Å². The lowest BCUT2D eigenvalue weighted by molar-refractivity contribution is -0.877. The molecule has 0 atom stereocenters. The summed E-state index contributed by atoms with van der Waals surface area (Å²) in [5.41, 5.74) is 0. The van der Waals surface area contributed by atoms with Crippen LogP contribution in [-0.4, -0.2) is 105 Å². The summed E-state index contributed by atoms with van der Waals surface area (Å²) in [5.74, 6) is 0. The molecule has 0 aliphatic rings. The number of unbranched alkanes of at least 4 members (excludes halogenated alkanes) is 1. The fourth-order valence-electron chi connectivity index (χ4n) is 1.17. The van der Waals surface area contributed by atoms with Gasteiger partial charge in [-0.1, -0.05) is 0 Å². The third kappa shape index (κ3) is 43.0. The molecule has 0 N–H and O–H groups in total. The van der Waals surface area contributed by atoms with Crippen LogP contribution >= 0.6 is 0 Å². The molecule has 10 nitrogen and oxygen atoms in total. The van der Waals surface area contributed by atoms with Crippen molar-refractivity contribution in [1.29, 1.82) is 0 Å². The Hall–Kier alpha value is -0.340. The van der Waals surface area contributed by atoms with Crippen molar-refractivity contribution in [2.75, 3.05) is 69.6 Å². The largest absolute Gasteiger partial charge is 0.726 e. The minimum Gasteiger partial charge on any atom is -0.726 e. The maximum absolute atomic E-state index is 9.22. The molecule has 24 heavy (non-hydrogen) atoms. The van der Waals surface area contributed by atoms with Gasteiger partial charge < -0.3 is 18.1 Å². The number of hydrogen-bond acceptors (Lipinski definition) is 8. The second-order valence-electron chi connectivity index (χ2n) is 6.88. The van der Waals surface area contributed by atoms with Crippen molar-refractivity contribution in [3.63, 3.8) is 0 Å². The predicted octanol–water partition coefficient (Wildman–Crippen LogP) is -0.635. The first kappa shape index (κ1) is 28.5. The summed E-state index contributed by atoms with van der Waals surface area (Å²) in [6.07, 6.45) is 2.69. The molecule has 0 heterocycles. The fraction of sp³-hybridized carbons (Fsp3) is 1.00. The maximum atomic E-state index is 9.22. The molecule has 0 fully saturated rings. The molecule has 0 aliphatic heterocycles. The van der Waals surface area contributed by atoms with Crippen molar-refractivity contribution in [3.05, 3.63) is 0 Å². The van der Waals surface area contributed by atoms with Crippen LogP contribution in [0.15, 0.2) is 0 Å². The van der Waals surface area contributed by atoms with Crippen LogP contribution in [-0.2, 0) is 29.2 Å². The summed E-state index contributed by atoms with van der Waals surface area (Å²) in [6, 6.07) is 0. The van der Waals surface area contributed by atoms with Gasteiger partial charge in [-0.25, -0.2) is 16.8 Å². The van der Waals surface area contributed by atoms with Gasteiger partial charge in [0.1, 0.15) is 0 Å². The van der Waals surface area contributed by atoms with Gasteiger partial charge in [0.05, 0.1) is 69.6 Å². The van der Waals surface area contributed by atoms with E-state index >= 15 is 0 Å². The molecule has 0 rings (SSSR count). The van der Waals surface area contributed by atoms with E-state index in [1.807, 2.05) is 0 Å². The summed E-state index contributed by atoms with van der Waals surface area (Å²) in [6.45, 7) is 2.58. The monoisotopic (exact) mass is 396 g/mol. The average molecular weight is 397 g/mol. The smallest absolute Gasteiger partial charge is 0.217 e. The van der Waals surface area contributed by atoms with Gasteiger partial charge in [0.15, 0.2) is 0 Å². The molecule has 0 saturated heterocycles. The molecule has 0 aromatic carbocycles. The molecule has 0 aliphatic carbocycles. The van der Waals surface area contributed by atoms with Gasteiger partial charge in [-0.3, -0.25) is 8.37 Å². The predicted molar refractivity (Wildman–Crippen MR) is 88.4 cm³/mol. The van der Waals surface area contributed by atoms with Crippen molar-refractivity contribution in [2.24, 2.45) is 0 Å². The molecule has 12 heteroatoms. The second kappa shape index (κ2) is 12.1. The lowest BCUT2D eigenvalue weighted by atomic mass is 10.2. The molecule has 0 bridgehead atoms. The average Bonchev–Trinajstić information content (AvgIpc) is 2.32. The highest BCUT2D eigenvalue weighted by atomic mass is 32.3. The van der Waals surface area contributed by atoms with E-state index in [4.69, 9.17) is 0 Å². The summed E-state index contributed by atoms with van der Waals surface area (Å²) in [7, 11) is 6.33. The third-order valence-corrected chi connectivity index (χ3v) is 3.13. The van der Waals surface area contributed by atoms with E-state index in [0.717, 1.165) is 23.2 Å². The van der Waals surface area contributed by atoms with E-state index in [0.29, 0.717) is 0 Å². The van der Waals surface area contributed by atoms with E-state index in [-0.39, 0.29) is 0 Å². The molecule has 0 radical (unpaired) electrons. The molecule has 0 aromatic rings. The Labute approximate surface area is 147 Å². The van der Waals surface area contributed by atoms with Crippen molar-refractivity contribution in [1.82, 2.24) is 0 Å². The zero-order valence-corrected chi connectivity index (χ0v) is 17.4. The van der Waals surface area contributed by atoms with Crippen LogP contribution in [0.3, 0.4) is 0 Å². The van der Waals surface area contributed by atoms with Gasteiger partial charge in [0, 0.05) is 12.8 Å². The zero-order chi connectivity index (χ0) is 20.2. The minimum atomic E-state index is -4.41. The molecule has 150 valence electrons. The highest BCUT2D eigenvalue weighted by Gasteiger charge is 2.09. The van der Waals surface area contributed by atoms with Crippen molar-refractivity contribution in [3.8, 4) is 0 Å². The topological polar surface area (TPSA) is 133 Å². The second-order valence-corrected chi connectivity index (χ2v) is 9.18. The first-order chi connectivity index (χ1) is 10.3. The van der Waals surface area contributed by atoms with Crippen LogP contribution in [0.4, 0.5) is 0 Å². The van der Waals surface area contributed by atoms with Gasteiger partial charge in [-0.2, -0.15) is 0 Å². The van der Waals surface area contributed by atoms with E-state index in [1.165, 1.54) is 25.9 Å². The summed E-state index contributed by atoms with van der Waals surface area (Å²) in [5, 5.41) is 0. The van der Waals surface area contributed by atoms with Gasteiger partial charge in [0.25, 0.3) is 0 Å². The summed E-state index contributed by atoms with van der Waals surface area (Å²) >= 11 is 0. The SMILES string of the molecule is COS(=O)(=O)[O-].COS(=O)(=O)[O-].C[N+](C)(C)CCCC[N+](C)(C)C. The molecule has 0 unspecified atom stereocenters. The standard InChI is InChI=1S/C10H26N2.2CH4O4S/c1-11(2,3)9-7-8-10-12(4,5)6;2*1-5-6(2,3)4/h7-10H2,1-6H3;2*1H3,(H,2,3,4)/q+2;;/p-2. The van der Waals surface area contributed by atoms with Gasteiger partial charge in [-0.15, -0.1) is 0 Å². The zero-order valence-electron chi connectivity index (χ0n) is 15.8. The van der Waals surface area contributed by atoms with E-state index in [1.54, 1.807) is 0 Å². The van der Waals surface area contributed by atoms with Crippen molar-refractivity contribution < 1.29 is 43.3 Å². The lowest BCUT2D eigenvalue weighted by Gasteiger charge is -2.26. The Morgan fingerprint density at radius 2 is 0.833 bits per heavy atom. The van der Waals surface area contributed by atoms with Crippen LogP contribution in [0.5, 0.6) is 0 Å². The quantitative estimate of drug-likeness (QED) is 0.240. The Morgan fingerprint density at radius 3 is 0.917 bits per heavy atom. The third-order valence-electron chi connectivity index (χ3n) is 2.32. The maximum Gasteiger partial charge on any atom is 0.217 e.